The Balaban J connectivity index is 1.76. The molecule has 0 atom stereocenters. The number of rotatable bonds is 4. The van der Waals surface area contributed by atoms with E-state index < -0.39 is 0 Å². The highest BCUT2D eigenvalue weighted by Gasteiger charge is 2.06. The molecule has 0 heterocycles. The molecular formula is C25H22N2. The maximum Gasteiger partial charge on any atom is 0.0184 e. The summed E-state index contributed by atoms with van der Waals surface area (Å²) in [6.45, 7) is 0.448. The first-order valence-corrected chi connectivity index (χ1v) is 9.09. The first-order chi connectivity index (χ1) is 13.3. The summed E-state index contributed by atoms with van der Waals surface area (Å²) in [6, 6.07) is 29.5. The van der Waals surface area contributed by atoms with Gasteiger partial charge in [-0.1, -0.05) is 72.8 Å². The number of hydrogen-bond donors (Lipinski definition) is 2. The lowest BCUT2D eigenvalue weighted by Gasteiger charge is -2.10. The highest BCUT2D eigenvalue weighted by Crippen LogP contribution is 2.26. The van der Waals surface area contributed by atoms with Crippen LogP contribution in [0.1, 0.15) is 11.1 Å². The van der Waals surface area contributed by atoms with Gasteiger partial charge in [-0.3, -0.25) is 0 Å². The number of nitrogens with two attached hydrogens (primary N) is 2. The molecule has 27 heavy (non-hydrogen) atoms. The molecule has 0 saturated heterocycles. The van der Waals surface area contributed by atoms with Crippen LogP contribution >= 0.6 is 0 Å². The fourth-order valence-electron chi connectivity index (χ4n) is 3.43. The Kier molecular flexibility index (Phi) is 4.73. The lowest BCUT2D eigenvalue weighted by Crippen LogP contribution is -2.03. The second kappa shape index (κ2) is 7.48. The van der Waals surface area contributed by atoms with E-state index in [-0.39, 0.29) is 0 Å². The molecule has 4 rings (SSSR count). The number of benzene rings is 4. The predicted octanol–water partition coefficient (Wildman–Crippen LogP) is 5.33. The van der Waals surface area contributed by atoms with Crippen LogP contribution in [0.5, 0.6) is 0 Å². The van der Waals surface area contributed by atoms with Crippen molar-refractivity contribution in [2.24, 2.45) is 11.5 Å². The topological polar surface area (TPSA) is 52.0 Å². The lowest BCUT2D eigenvalue weighted by atomic mass is 9.96. The summed E-state index contributed by atoms with van der Waals surface area (Å²) in [6.07, 6.45) is 3.75. The first kappa shape index (κ1) is 17.1. The van der Waals surface area contributed by atoms with Crippen molar-refractivity contribution in [3.8, 4) is 0 Å². The smallest absolute Gasteiger partial charge is 0.0184 e. The van der Waals surface area contributed by atoms with Crippen molar-refractivity contribution in [2.45, 2.75) is 0 Å². The number of hydrogen-bond acceptors (Lipinski definition) is 2. The Morgan fingerprint density at radius 1 is 0.667 bits per heavy atom. The molecule has 0 radical (unpaired) electrons. The first-order valence-electron chi connectivity index (χ1n) is 9.09. The third-order valence-corrected chi connectivity index (χ3v) is 4.93. The van der Waals surface area contributed by atoms with Crippen molar-refractivity contribution in [2.75, 3.05) is 6.54 Å². The third-order valence-electron chi connectivity index (χ3n) is 4.93. The van der Waals surface area contributed by atoms with E-state index in [4.69, 9.17) is 11.5 Å². The van der Waals surface area contributed by atoms with Gasteiger partial charge in [0.25, 0.3) is 0 Å². The van der Waals surface area contributed by atoms with Gasteiger partial charge in [-0.2, -0.15) is 0 Å². The minimum Gasteiger partial charge on any atom is -0.404 e. The largest absolute Gasteiger partial charge is 0.404 e. The van der Waals surface area contributed by atoms with E-state index in [2.05, 4.69) is 78.9 Å². The molecule has 4 aromatic rings. The zero-order valence-electron chi connectivity index (χ0n) is 15.1. The molecule has 4 aromatic carbocycles. The molecule has 0 saturated carbocycles. The molecule has 2 heteroatoms. The van der Waals surface area contributed by atoms with Crippen LogP contribution in [-0.2, 0) is 0 Å². The second-order valence-electron chi connectivity index (χ2n) is 6.62. The summed E-state index contributed by atoms with van der Waals surface area (Å²) >= 11 is 0. The monoisotopic (exact) mass is 350 g/mol. The Hall–Kier alpha value is -3.36. The zero-order valence-corrected chi connectivity index (χ0v) is 15.1. The van der Waals surface area contributed by atoms with Gasteiger partial charge in [0.2, 0.25) is 0 Å². The van der Waals surface area contributed by atoms with Crippen molar-refractivity contribution in [1.29, 1.82) is 0 Å². The molecule has 0 unspecified atom stereocenters. The van der Waals surface area contributed by atoms with Crippen LogP contribution in [-0.4, -0.2) is 6.54 Å². The summed E-state index contributed by atoms with van der Waals surface area (Å²) in [5, 5.41) is 4.85. The molecule has 0 spiro atoms. The summed E-state index contributed by atoms with van der Waals surface area (Å²) in [5.41, 5.74) is 16.3. The van der Waals surface area contributed by atoms with Crippen molar-refractivity contribution in [1.82, 2.24) is 0 Å². The molecule has 0 fully saturated rings. The van der Waals surface area contributed by atoms with E-state index in [9.17, 15) is 0 Å². The van der Waals surface area contributed by atoms with Crippen LogP contribution in [0.2, 0.25) is 0 Å². The highest BCUT2D eigenvalue weighted by molar-refractivity contribution is 5.92. The summed E-state index contributed by atoms with van der Waals surface area (Å²) in [5.74, 6) is 0. The SMILES string of the molecule is N/C=C(\C=C(/CN)c1ccc2ccccc2c1)c1ccc2ccccc2c1. The van der Waals surface area contributed by atoms with E-state index in [1.807, 2.05) is 12.1 Å². The predicted molar refractivity (Wildman–Crippen MR) is 117 cm³/mol. The maximum atomic E-state index is 6.08. The molecule has 0 aliphatic carbocycles. The van der Waals surface area contributed by atoms with Crippen LogP contribution in [0, 0.1) is 0 Å². The normalized spacial score (nSPS) is 12.6. The molecule has 0 aliphatic rings. The van der Waals surface area contributed by atoms with E-state index >= 15 is 0 Å². The fourth-order valence-corrected chi connectivity index (χ4v) is 3.43. The van der Waals surface area contributed by atoms with Crippen molar-refractivity contribution < 1.29 is 0 Å². The molecule has 0 aromatic heterocycles. The summed E-state index contributed by atoms with van der Waals surface area (Å²) < 4.78 is 0. The van der Waals surface area contributed by atoms with Gasteiger partial charge in [-0.15, -0.1) is 0 Å². The minimum absolute atomic E-state index is 0.448. The average molecular weight is 350 g/mol. The van der Waals surface area contributed by atoms with Crippen molar-refractivity contribution >= 4 is 32.7 Å². The van der Waals surface area contributed by atoms with Gasteiger partial charge in [0.15, 0.2) is 0 Å². The van der Waals surface area contributed by atoms with Gasteiger partial charge in [0.05, 0.1) is 0 Å². The zero-order chi connectivity index (χ0) is 18.6. The van der Waals surface area contributed by atoms with Gasteiger partial charge < -0.3 is 11.5 Å². The standard InChI is InChI=1S/C25H22N2/c26-16-24(22-11-9-18-5-1-3-7-20(18)13-22)15-25(17-27)23-12-10-19-6-2-4-8-21(19)14-23/h1-16H,17,26-27H2/b24-16+,25-15+. The molecule has 0 aliphatic heterocycles. The molecule has 0 amide bonds. The van der Waals surface area contributed by atoms with Crippen LogP contribution < -0.4 is 11.5 Å². The van der Waals surface area contributed by atoms with E-state index in [0.717, 1.165) is 22.3 Å². The van der Waals surface area contributed by atoms with Crippen molar-refractivity contribution in [3.05, 3.63) is 108 Å². The Morgan fingerprint density at radius 3 is 1.74 bits per heavy atom. The van der Waals surface area contributed by atoms with Gasteiger partial charge in [0.1, 0.15) is 0 Å². The van der Waals surface area contributed by atoms with E-state index in [1.165, 1.54) is 21.5 Å². The lowest BCUT2D eigenvalue weighted by molar-refractivity contribution is 1.27. The van der Waals surface area contributed by atoms with Crippen LogP contribution in [0.4, 0.5) is 0 Å². The van der Waals surface area contributed by atoms with Crippen LogP contribution in [0.3, 0.4) is 0 Å². The maximum absolute atomic E-state index is 6.08. The average Bonchev–Trinajstić information content (AvgIpc) is 2.74. The number of allylic oxidation sites excluding steroid dienone is 2. The van der Waals surface area contributed by atoms with Gasteiger partial charge in [-0.25, -0.2) is 0 Å². The number of fused-ring (bicyclic) bond motifs is 2. The van der Waals surface area contributed by atoms with Crippen LogP contribution in [0.25, 0.3) is 32.7 Å². The molecule has 2 nitrogen and oxygen atoms in total. The van der Waals surface area contributed by atoms with E-state index in [1.54, 1.807) is 6.20 Å². The van der Waals surface area contributed by atoms with Gasteiger partial charge >= 0.3 is 0 Å². The van der Waals surface area contributed by atoms with Crippen molar-refractivity contribution in [3.63, 3.8) is 0 Å². The summed E-state index contributed by atoms with van der Waals surface area (Å²) in [4.78, 5) is 0. The molecule has 4 N–H and O–H groups in total. The molecular weight excluding hydrogens is 328 g/mol. The Labute approximate surface area is 159 Å². The second-order valence-corrected chi connectivity index (χ2v) is 6.62. The van der Waals surface area contributed by atoms with E-state index in [0.29, 0.717) is 6.54 Å². The highest BCUT2D eigenvalue weighted by atomic mass is 14.5. The quantitative estimate of drug-likeness (QED) is 0.488. The van der Waals surface area contributed by atoms with Crippen LogP contribution in [0.15, 0.2) is 97.2 Å². The van der Waals surface area contributed by atoms with Gasteiger partial charge in [0, 0.05) is 12.7 Å². The Morgan fingerprint density at radius 2 is 1.19 bits per heavy atom. The molecule has 0 bridgehead atoms. The Bertz CT molecular complexity index is 1170. The minimum atomic E-state index is 0.448. The summed E-state index contributed by atoms with van der Waals surface area (Å²) in [7, 11) is 0. The fraction of sp³-hybridized carbons (Fsp3) is 0.0400. The van der Waals surface area contributed by atoms with Gasteiger partial charge in [-0.05, 0) is 62.0 Å². The molecule has 132 valence electrons. The third kappa shape index (κ3) is 3.48.